The second-order valence-corrected chi connectivity index (χ2v) is 9.79. The van der Waals surface area contributed by atoms with Crippen LogP contribution < -0.4 is 0 Å². The summed E-state index contributed by atoms with van der Waals surface area (Å²) in [6, 6.07) is 14.2. The highest BCUT2D eigenvalue weighted by Crippen LogP contribution is 2.26. The Morgan fingerprint density at radius 3 is 2.34 bits per heavy atom. The van der Waals surface area contributed by atoms with E-state index < -0.39 is 10.0 Å². The van der Waals surface area contributed by atoms with Crippen molar-refractivity contribution in [1.29, 1.82) is 5.26 Å². The van der Waals surface area contributed by atoms with Gasteiger partial charge < -0.3 is 4.90 Å². The summed E-state index contributed by atoms with van der Waals surface area (Å²) >= 11 is 0. The smallest absolute Gasteiger partial charge is 0.260 e. The second-order valence-electron chi connectivity index (χ2n) is 7.91. The van der Waals surface area contributed by atoms with Gasteiger partial charge in [0, 0.05) is 25.2 Å². The number of sulfonamides is 1. The Morgan fingerprint density at radius 1 is 1.00 bits per heavy atom. The lowest BCUT2D eigenvalue weighted by molar-refractivity contribution is 0.205. The summed E-state index contributed by atoms with van der Waals surface area (Å²) in [7, 11) is -3.60. The molecule has 3 heterocycles. The number of nitrogens with zero attached hydrogens (tertiary/aromatic N) is 4. The molecule has 0 unspecified atom stereocenters. The lowest BCUT2D eigenvalue weighted by Crippen LogP contribution is -2.41. The highest BCUT2D eigenvalue weighted by atomic mass is 32.2. The van der Waals surface area contributed by atoms with Crippen LogP contribution >= 0.6 is 0 Å². The van der Waals surface area contributed by atoms with Gasteiger partial charge in [0.2, 0.25) is 0 Å². The lowest BCUT2D eigenvalue weighted by Gasteiger charge is -2.33. The normalized spacial score (nSPS) is 19.3. The minimum absolute atomic E-state index is 0.0948. The van der Waals surface area contributed by atoms with Crippen LogP contribution in [0.1, 0.15) is 31.2 Å². The molecule has 0 bridgehead atoms. The maximum Gasteiger partial charge on any atom is 0.260 e. The molecule has 0 radical (unpaired) electrons. The average Bonchev–Trinajstić information content (AvgIpc) is 3.27. The molecule has 29 heavy (non-hydrogen) atoms. The standard InChI is InChI=1S/C22H26N4O2S/c23-16-18-6-8-20(9-7-18)21-4-3-5-22(24-21)29(27,28)26-14-10-19(11-15-26)17-25-12-1-2-13-25/h3-9,19H,1-2,10-15,17H2. The van der Waals surface area contributed by atoms with Crippen LogP contribution in [0.3, 0.4) is 0 Å². The number of hydrogen-bond donors (Lipinski definition) is 0. The van der Waals surface area contributed by atoms with Crippen molar-refractivity contribution < 1.29 is 8.42 Å². The molecule has 0 saturated carbocycles. The van der Waals surface area contributed by atoms with Crippen molar-refractivity contribution >= 4 is 10.0 Å². The summed E-state index contributed by atoms with van der Waals surface area (Å²) in [5, 5.41) is 9.03. The molecular weight excluding hydrogens is 384 g/mol. The number of pyridine rings is 1. The number of piperidine rings is 1. The van der Waals surface area contributed by atoms with Crippen molar-refractivity contribution in [2.24, 2.45) is 5.92 Å². The predicted molar refractivity (Wildman–Crippen MR) is 112 cm³/mol. The Kier molecular flexibility index (Phi) is 5.95. The summed E-state index contributed by atoms with van der Waals surface area (Å²) in [5.74, 6) is 0.581. The van der Waals surface area contributed by atoms with E-state index in [-0.39, 0.29) is 5.03 Å². The molecule has 2 saturated heterocycles. The predicted octanol–water partition coefficient (Wildman–Crippen LogP) is 3.12. The number of aromatic nitrogens is 1. The van der Waals surface area contributed by atoms with Gasteiger partial charge in [0.25, 0.3) is 10.0 Å². The number of likely N-dealkylation sites (tertiary alicyclic amines) is 1. The van der Waals surface area contributed by atoms with Crippen LogP contribution in [0.25, 0.3) is 11.3 Å². The molecule has 2 aliphatic rings. The highest BCUT2D eigenvalue weighted by Gasteiger charge is 2.31. The third-order valence-corrected chi connectivity index (χ3v) is 7.73. The molecule has 4 rings (SSSR count). The van der Waals surface area contributed by atoms with E-state index in [2.05, 4.69) is 16.0 Å². The van der Waals surface area contributed by atoms with Crippen LogP contribution in [0.2, 0.25) is 0 Å². The van der Waals surface area contributed by atoms with Gasteiger partial charge in [-0.3, -0.25) is 0 Å². The third-order valence-electron chi connectivity index (χ3n) is 5.93. The third kappa shape index (κ3) is 4.50. The molecule has 2 fully saturated rings. The quantitative estimate of drug-likeness (QED) is 0.757. The van der Waals surface area contributed by atoms with Gasteiger partial charge in [0.1, 0.15) is 0 Å². The van der Waals surface area contributed by atoms with E-state index in [0.717, 1.165) is 24.9 Å². The van der Waals surface area contributed by atoms with Gasteiger partial charge >= 0.3 is 0 Å². The van der Waals surface area contributed by atoms with Crippen molar-refractivity contribution in [3.05, 3.63) is 48.0 Å². The van der Waals surface area contributed by atoms with Gasteiger partial charge in [-0.05, 0) is 69.0 Å². The van der Waals surface area contributed by atoms with Crippen LogP contribution in [0, 0.1) is 17.2 Å². The zero-order valence-corrected chi connectivity index (χ0v) is 17.3. The lowest BCUT2D eigenvalue weighted by atomic mass is 9.98. The van der Waals surface area contributed by atoms with E-state index in [9.17, 15) is 8.42 Å². The fourth-order valence-corrected chi connectivity index (χ4v) is 5.65. The number of nitriles is 1. The molecule has 0 N–H and O–H groups in total. The minimum Gasteiger partial charge on any atom is -0.303 e. The molecule has 0 spiro atoms. The number of benzene rings is 1. The molecule has 6 nitrogen and oxygen atoms in total. The first-order valence-electron chi connectivity index (χ1n) is 10.3. The van der Waals surface area contributed by atoms with Crippen molar-refractivity contribution in [3.63, 3.8) is 0 Å². The van der Waals surface area contributed by atoms with Crippen LogP contribution in [0.4, 0.5) is 0 Å². The minimum atomic E-state index is -3.60. The number of rotatable bonds is 5. The molecular formula is C22H26N4O2S. The topological polar surface area (TPSA) is 77.3 Å². The monoisotopic (exact) mass is 410 g/mol. The first kappa shape index (κ1) is 20.0. The maximum atomic E-state index is 13.1. The summed E-state index contributed by atoms with van der Waals surface area (Å²) < 4.78 is 27.8. The average molecular weight is 411 g/mol. The van der Waals surface area contributed by atoms with Gasteiger partial charge in [-0.15, -0.1) is 0 Å². The molecule has 0 atom stereocenters. The Bertz CT molecular complexity index is 984. The molecule has 1 aromatic heterocycles. The summed E-state index contributed by atoms with van der Waals surface area (Å²) in [5.41, 5.74) is 1.96. The summed E-state index contributed by atoms with van der Waals surface area (Å²) in [6.45, 7) is 4.59. The van der Waals surface area contributed by atoms with Gasteiger partial charge in [-0.1, -0.05) is 18.2 Å². The van der Waals surface area contributed by atoms with E-state index in [1.54, 1.807) is 46.8 Å². The summed E-state index contributed by atoms with van der Waals surface area (Å²) in [4.78, 5) is 6.94. The molecule has 0 aliphatic carbocycles. The Morgan fingerprint density at radius 2 is 1.69 bits per heavy atom. The van der Waals surface area contributed by atoms with E-state index in [4.69, 9.17) is 5.26 Å². The highest BCUT2D eigenvalue weighted by molar-refractivity contribution is 7.89. The molecule has 2 aromatic rings. The van der Waals surface area contributed by atoms with E-state index >= 15 is 0 Å². The van der Waals surface area contributed by atoms with Crippen molar-refractivity contribution in [1.82, 2.24) is 14.2 Å². The second kappa shape index (κ2) is 8.62. The van der Waals surface area contributed by atoms with Crippen molar-refractivity contribution in [2.75, 3.05) is 32.7 Å². The van der Waals surface area contributed by atoms with E-state index in [1.165, 1.54) is 25.9 Å². The zero-order valence-electron chi connectivity index (χ0n) is 16.5. The Hall–Kier alpha value is -2.27. The van der Waals surface area contributed by atoms with Gasteiger partial charge in [-0.25, -0.2) is 13.4 Å². The molecule has 2 aliphatic heterocycles. The van der Waals surface area contributed by atoms with Crippen LogP contribution in [-0.2, 0) is 10.0 Å². The van der Waals surface area contributed by atoms with E-state index in [0.29, 0.717) is 30.3 Å². The SMILES string of the molecule is N#Cc1ccc(-c2cccc(S(=O)(=O)N3CCC(CN4CCCC4)CC3)n2)cc1. The zero-order chi connectivity index (χ0) is 20.3. The molecule has 1 aromatic carbocycles. The Balaban J connectivity index is 1.45. The number of hydrogen-bond acceptors (Lipinski definition) is 5. The largest absolute Gasteiger partial charge is 0.303 e. The molecule has 0 amide bonds. The van der Waals surface area contributed by atoms with E-state index in [1.807, 2.05) is 0 Å². The van der Waals surface area contributed by atoms with Crippen LogP contribution in [0.15, 0.2) is 47.5 Å². The fraction of sp³-hybridized carbons (Fsp3) is 0.455. The maximum absolute atomic E-state index is 13.1. The van der Waals surface area contributed by atoms with Crippen molar-refractivity contribution in [2.45, 2.75) is 30.7 Å². The molecule has 152 valence electrons. The van der Waals surface area contributed by atoms with Crippen LogP contribution in [0.5, 0.6) is 0 Å². The first-order valence-corrected chi connectivity index (χ1v) is 11.7. The van der Waals surface area contributed by atoms with Gasteiger partial charge in [0.05, 0.1) is 17.3 Å². The first-order chi connectivity index (χ1) is 14.1. The fourth-order valence-electron chi connectivity index (χ4n) is 4.23. The Labute approximate surface area is 172 Å². The van der Waals surface area contributed by atoms with Crippen LogP contribution in [-0.4, -0.2) is 55.3 Å². The molecule has 7 heteroatoms. The summed E-state index contributed by atoms with van der Waals surface area (Å²) in [6.07, 6.45) is 4.39. The van der Waals surface area contributed by atoms with Gasteiger partial charge in [0.15, 0.2) is 5.03 Å². The van der Waals surface area contributed by atoms with Gasteiger partial charge in [-0.2, -0.15) is 9.57 Å². The van der Waals surface area contributed by atoms with Crippen molar-refractivity contribution in [3.8, 4) is 17.3 Å².